The topological polar surface area (TPSA) is 58.2 Å². The fraction of sp³-hybridized carbons (Fsp3) is 0.667. The summed E-state index contributed by atoms with van der Waals surface area (Å²) in [5, 5.41) is 4.45. The van der Waals surface area contributed by atoms with E-state index in [2.05, 4.69) is 10.6 Å². The van der Waals surface area contributed by atoms with Crippen molar-refractivity contribution in [3.05, 3.63) is 0 Å². The molecule has 58 valence electrons. The molecule has 0 saturated carbocycles. The summed E-state index contributed by atoms with van der Waals surface area (Å²) in [5.74, 6) is -0.932. The monoisotopic (exact) mass is 145 g/mol. The van der Waals surface area contributed by atoms with E-state index < -0.39 is 17.8 Å². The van der Waals surface area contributed by atoms with Crippen molar-refractivity contribution in [1.82, 2.24) is 10.6 Å². The van der Waals surface area contributed by atoms with Crippen molar-refractivity contribution >= 4 is 11.8 Å². The zero-order chi connectivity index (χ0) is 9.07. The maximum absolute atomic E-state index is 10.9. The summed E-state index contributed by atoms with van der Waals surface area (Å²) in [7, 11) is 1.41. The highest BCUT2D eigenvalue weighted by molar-refractivity contribution is 5.86. The largest absolute Gasteiger partial charge is 0.357 e. The minimum absolute atomic E-state index is 0.397. The number of hydrogen-bond donors (Lipinski definition) is 2. The van der Waals surface area contributed by atoms with Crippen molar-refractivity contribution in [2.24, 2.45) is 0 Å². The number of carbonyl (C=O) groups excluding carboxylic acids is 2. The lowest BCUT2D eigenvalue weighted by atomic mass is 10.3. The van der Waals surface area contributed by atoms with Crippen LogP contribution in [-0.4, -0.2) is 24.9 Å². The zero-order valence-corrected chi connectivity index (χ0v) is 6.32. The summed E-state index contributed by atoms with van der Waals surface area (Å²) in [6, 6.07) is -1.57. The molecule has 10 heavy (non-hydrogen) atoms. The Kier molecular flexibility index (Phi) is 2.73. The van der Waals surface area contributed by atoms with Gasteiger partial charge in [0.1, 0.15) is 6.02 Å². The van der Waals surface area contributed by atoms with Crippen LogP contribution in [-0.2, 0) is 9.59 Å². The van der Waals surface area contributed by atoms with Crippen LogP contribution in [0.5, 0.6) is 0 Å². The van der Waals surface area contributed by atoms with Gasteiger partial charge in [-0.25, -0.2) is 0 Å². The second kappa shape index (κ2) is 3.87. The van der Waals surface area contributed by atoms with Gasteiger partial charge in [0.25, 0.3) is 0 Å². The van der Waals surface area contributed by atoms with Gasteiger partial charge < -0.3 is 10.6 Å². The third-order valence-electron chi connectivity index (χ3n) is 0.931. The molecule has 0 aliphatic rings. The van der Waals surface area contributed by atoms with Crippen molar-refractivity contribution in [2.45, 2.75) is 19.9 Å². The Bertz CT molecular complexity index is 179. The Balaban J connectivity index is 4.21. The van der Waals surface area contributed by atoms with Gasteiger partial charge in [0.15, 0.2) is 0 Å². The van der Waals surface area contributed by atoms with Crippen LogP contribution in [0.1, 0.15) is 15.2 Å². The minimum Gasteiger partial charge on any atom is -0.357 e. The zero-order valence-electron chi connectivity index (χ0n) is 7.32. The number of likely N-dealkylation sites (N-methyl/N-ethyl adjacent to an activating group) is 1. The quantitative estimate of drug-likeness (QED) is 0.537. The van der Waals surface area contributed by atoms with Crippen LogP contribution < -0.4 is 10.6 Å². The van der Waals surface area contributed by atoms with Gasteiger partial charge in [0.2, 0.25) is 11.8 Å². The third kappa shape index (κ3) is 3.06. The highest BCUT2D eigenvalue weighted by atomic mass is 16.2. The van der Waals surface area contributed by atoms with E-state index in [1.54, 1.807) is 0 Å². The van der Waals surface area contributed by atoms with Gasteiger partial charge in [0.05, 0.1) is 1.37 Å². The molecule has 0 rings (SSSR count). The molecular weight excluding hydrogens is 132 g/mol. The molecule has 0 aromatic heterocycles. The van der Waals surface area contributed by atoms with Crippen LogP contribution in [0.15, 0.2) is 0 Å². The molecule has 4 heteroatoms. The van der Waals surface area contributed by atoms with Crippen LogP contribution >= 0.6 is 0 Å². The number of rotatable bonds is 2. The number of amides is 2. The number of hydrogen-bond acceptors (Lipinski definition) is 2. The molecule has 1 unspecified atom stereocenters. The molecule has 0 aromatic rings. The maximum atomic E-state index is 10.9. The molecule has 0 aromatic carbocycles. The Morgan fingerprint density at radius 3 is 2.40 bits per heavy atom. The normalized spacial score (nSPS) is 16.5. The Labute approximate surface area is 61.4 Å². The van der Waals surface area contributed by atoms with Crippen LogP contribution in [0.2, 0.25) is 0 Å². The molecule has 1 atom stereocenters. The predicted molar refractivity (Wildman–Crippen MR) is 37.3 cm³/mol. The van der Waals surface area contributed by atoms with E-state index in [1.807, 2.05) is 0 Å². The molecular formula is C6H12N2O2. The molecule has 4 nitrogen and oxygen atoms in total. The predicted octanol–water partition coefficient (Wildman–Crippen LogP) is -0.743. The second-order valence-electron chi connectivity index (χ2n) is 1.89. The van der Waals surface area contributed by atoms with E-state index >= 15 is 0 Å². The van der Waals surface area contributed by atoms with Crippen molar-refractivity contribution in [2.75, 3.05) is 7.05 Å². The summed E-state index contributed by atoms with van der Waals surface area (Å²) >= 11 is 0. The fourth-order valence-corrected chi connectivity index (χ4v) is 0.508. The third-order valence-corrected chi connectivity index (χ3v) is 0.931. The Morgan fingerprint density at radius 1 is 1.60 bits per heavy atom. The van der Waals surface area contributed by atoms with Crippen LogP contribution in [0.25, 0.3) is 0 Å². The van der Waals surface area contributed by atoms with Gasteiger partial charge in [-0.15, -0.1) is 0 Å². The fourth-order valence-electron chi connectivity index (χ4n) is 0.508. The average molecular weight is 145 g/mol. The van der Waals surface area contributed by atoms with E-state index in [-0.39, 0.29) is 0 Å². The molecule has 0 saturated heterocycles. The van der Waals surface area contributed by atoms with E-state index in [0.717, 1.165) is 0 Å². The van der Waals surface area contributed by atoms with Crippen LogP contribution in [0.3, 0.4) is 0 Å². The van der Waals surface area contributed by atoms with Gasteiger partial charge >= 0.3 is 0 Å². The first-order chi connectivity index (χ1) is 4.90. The van der Waals surface area contributed by atoms with Gasteiger partial charge in [-0.3, -0.25) is 9.59 Å². The molecule has 0 radical (unpaired) electrons. The molecule has 0 spiro atoms. The van der Waals surface area contributed by atoms with E-state index in [1.165, 1.54) is 20.9 Å². The maximum Gasteiger partial charge on any atom is 0.242 e. The molecule has 0 aliphatic carbocycles. The van der Waals surface area contributed by atoms with Crippen molar-refractivity contribution in [1.29, 1.82) is 0 Å². The van der Waals surface area contributed by atoms with Gasteiger partial charge in [-0.05, 0) is 6.92 Å². The van der Waals surface area contributed by atoms with Crippen molar-refractivity contribution in [3.8, 4) is 0 Å². The molecule has 0 fully saturated rings. The lowest BCUT2D eigenvalue weighted by Gasteiger charge is -2.09. The number of nitrogens with one attached hydrogen (secondary N) is 2. The average Bonchev–Trinajstić information content (AvgIpc) is 1.83. The molecule has 2 amide bonds. The van der Waals surface area contributed by atoms with E-state index in [4.69, 9.17) is 1.37 Å². The summed E-state index contributed by atoms with van der Waals surface area (Å²) in [6.07, 6.45) is 0. The van der Waals surface area contributed by atoms with E-state index in [0.29, 0.717) is 0 Å². The Morgan fingerprint density at radius 2 is 2.10 bits per heavy atom. The first-order valence-corrected chi connectivity index (χ1v) is 2.91. The highest BCUT2D eigenvalue weighted by Gasteiger charge is 2.09. The summed E-state index contributed by atoms with van der Waals surface area (Å²) in [5.41, 5.74) is 0. The SMILES string of the molecule is [2H]C(C)(NC(C)=O)C(=O)NC. The molecule has 0 bridgehead atoms. The molecule has 0 heterocycles. The lowest BCUT2D eigenvalue weighted by Crippen LogP contribution is -2.42. The van der Waals surface area contributed by atoms with E-state index in [9.17, 15) is 9.59 Å². The minimum atomic E-state index is -1.57. The van der Waals surface area contributed by atoms with Crippen molar-refractivity contribution < 1.29 is 11.0 Å². The van der Waals surface area contributed by atoms with Crippen LogP contribution in [0.4, 0.5) is 0 Å². The summed E-state index contributed by atoms with van der Waals surface area (Å²) in [6.45, 7) is 2.57. The molecule has 0 aliphatic heterocycles. The van der Waals surface area contributed by atoms with Gasteiger partial charge in [-0.2, -0.15) is 0 Å². The first-order valence-electron chi connectivity index (χ1n) is 3.41. The van der Waals surface area contributed by atoms with Gasteiger partial charge in [-0.1, -0.05) is 0 Å². The Hall–Kier alpha value is -1.06. The lowest BCUT2D eigenvalue weighted by molar-refractivity contribution is -0.127. The number of carbonyl (C=O) groups is 2. The van der Waals surface area contributed by atoms with Crippen LogP contribution in [0, 0.1) is 0 Å². The van der Waals surface area contributed by atoms with Crippen molar-refractivity contribution in [3.63, 3.8) is 0 Å². The smallest absolute Gasteiger partial charge is 0.242 e. The standard InChI is InChI=1S/C6H12N2O2/c1-4(6(10)7-3)8-5(2)9/h4H,1-3H3,(H,7,10)(H,8,9)/i4D. The molecule has 2 N–H and O–H groups in total. The first kappa shape index (κ1) is 7.05. The second-order valence-corrected chi connectivity index (χ2v) is 1.89. The van der Waals surface area contributed by atoms with Gasteiger partial charge in [0, 0.05) is 14.0 Å². The summed E-state index contributed by atoms with van der Waals surface area (Å²) in [4.78, 5) is 21.3. The highest BCUT2D eigenvalue weighted by Crippen LogP contribution is 1.79. The summed E-state index contributed by atoms with van der Waals surface area (Å²) < 4.78 is 7.32.